The Morgan fingerprint density at radius 2 is 1.76 bits per heavy atom. The number of rotatable bonds is 5. The predicted molar refractivity (Wildman–Crippen MR) is 125 cm³/mol. The number of carbonyl (C=O) groups excluding carboxylic acids is 2. The van der Waals surface area contributed by atoms with Crippen LogP contribution in [0, 0.1) is 11.6 Å². The summed E-state index contributed by atoms with van der Waals surface area (Å²) >= 11 is 1.50. The lowest BCUT2D eigenvalue weighted by Gasteiger charge is -2.43. The average Bonchev–Trinajstić information content (AvgIpc) is 3.50. The Balaban J connectivity index is 1.52. The fourth-order valence-electron chi connectivity index (χ4n) is 4.10. The molecule has 2 aromatic heterocycles. The molecule has 1 N–H and O–H groups in total. The summed E-state index contributed by atoms with van der Waals surface area (Å²) in [5, 5.41) is 9.37. The second-order valence-corrected chi connectivity index (χ2v) is 9.20. The van der Waals surface area contributed by atoms with Crippen LogP contribution >= 0.6 is 11.3 Å². The zero-order chi connectivity index (χ0) is 23.9. The van der Waals surface area contributed by atoms with E-state index < -0.39 is 23.2 Å². The van der Waals surface area contributed by atoms with E-state index in [0.717, 1.165) is 4.88 Å². The molecule has 2 aromatic carbocycles. The number of fused-ring (bicyclic) bond motifs is 1. The number of halogens is 2. The number of aromatic nitrogens is 2. The first kappa shape index (κ1) is 22.0. The SMILES string of the molecule is C[C@]1(C(=O)NCc2ccc(F)cc2)Cn2nc(-c3cccs3)cc2C(=O)N1c1ccc(F)cc1. The van der Waals surface area contributed by atoms with E-state index in [1.54, 1.807) is 29.8 Å². The number of thiophene rings is 1. The van der Waals surface area contributed by atoms with Gasteiger partial charge in [0.05, 0.1) is 11.4 Å². The standard InChI is InChI=1S/C25H20F2N4O2S/c1-25(24(33)28-14-16-4-6-17(26)7-5-16)15-30-21(13-20(29-30)22-3-2-12-34-22)23(32)31(25)19-10-8-18(27)9-11-19/h2-13H,14-15H2,1H3,(H,28,33)/t25-/m1/s1. The van der Waals surface area contributed by atoms with Gasteiger partial charge < -0.3 is 5.32 Å². The molecule has 0 unspecified atom stereocenters. The van der Waals surface area contributed by atoms with E-state index in [4.69, 9.17) is 0 Å². The van der Waals surface area contributed by atoms with Crippen LogP contribution in [-0.4, -0.2) is 27.1 Å². The number of carbonyl (C=O) groups is 2. The minimum atomic E-state index is -1.35. The fraction of sp³-hybridized carbons (Fsp3) is 0.160. The summed E-state index contributed by atoms with van der Waals surface area (Å²) in [4.78, 5) is 29.5. The van der Waals surface area contributed by atoms with E-state index in [2.05, 4.69) is 10.4 Å². The first-order valence-electron chi connectivity index (χ1n) is 10.6. The minimum Gasteiger partial charge on any atom is -0.350 e. The summed E-state index contributed by atoms with van der Waals surface area (Å²) in [6.45, 7) is 1.92. The van der Waals surface area contributed by atoms with Gasteiger partial charge in [0.2, 0.25) is 5.91 Å². The van der Waals surface area contributed by atoms with Crippen molar-refractivity contribution < 1.29 is 18.4 Å². The summed E-state index contributed by atoms with van der Waals surface area (Å²) in [7, 11) is 0. The smallest absolute Gasteiger partial charge is 0.277 e. The van der Waals surface area contributed by atoms with Crippen LogP contribution in [0.25, 0.3) is 10.6 Å². The molecule has 172 valence electrons. The lowest BCUT2D eigenvalue weighted by molar-refractivity contribution is -0.126. The number of benzene rings is 2. The third kappa shape index (κ3) is 3.88. The molecule has 0 spiro atoms. The number of nitrogens with zero attached hydrogens (tertiary/aromatic N) is 3. The Kier molecular flexibility index (Phi) is 5.49. The molecule has 2 amide bonds. The van der Waals surface area contributed by atoms with Crippen molar-refractivity contribution in [2.45, 2.75) is 25.6 Å². The van der Waals surface area contributed by atoms with Crippen molar-refractivity contribution >= 4 is 28.8 Å². The molecule has 0 saturated heterocycles. The van der Waals surface area contributed by atoms with Gasteiger partial charge in [0.25, 0.3) is 5.91 Å². The van der Waals surface area contributed by atoms with E-state index in [1.165, 1.54) is 52.6 Å². The Labute approximate surface area is 198 Å². The van der Waals surface area contributed by atoms with Crippen LogP contribution in [-0.2, 0) is 17.9 Å². The zero-order valence-corrected chi connectivity index (χ0v) is 19.0. The number of nitrogens with one attached hydrogen (secondary N) is 1. The molecule has 4 aromatic rings. The second-order valence-electron chi connectivity index (χ2n) is 8.25. The van der Waals surface area contributed by atoms with Crippen LogP contribution in [0.1, 0.15) is 23.0 Å². The molecular formula is C25H20F2N4O2S. The number of hydrogen-bond acceptors (Lipinski definition) is 4. The maximum atomic E-state index is 13.7. The molecule has 1 atom stereocenters. The maximum Gasteiger partial charge on any atom is 0.277 e. The van der Waals surface area contributed by atoms with Crippen molar-refractivity contribution in [2.24, 2.45) is 0 Å². The highest BCUT2D eigenvalue weighted by Gasteiger charge is 2.48. The van der Waals surface area contributed by atoms with E-state index in [-0.39, 0.29) is 18.9 Å². The average molecular weight is 479 g/mol. The van der Waals surface area contributed by atoms with Gasteiger partial charge in [-0.1, -0.05) is 18.2 Å². The minimum absolute atomic E-state index is 0.103. The highest BCUT2D eigenvalue weighted by molar-refractivity contribution is 7.13. The second kappa shape index (κ2) is 8.49. The van der Waals surface area contributed by atoms with Gasteiger partial charge in [-0.05, 0) is 66.4 Å². The summed E-state index contributed by atoms with van der Waals surface area (Å²) in [6.07, 6.45) is 0. The molecule has 3 heterocycles. The van der Waals surface area contributed by atoms with Gasteiger partial charge >= 0.3 is 0 Å². The lowest BCUT2D eigenvalue weighted by atomic mass is 9.94. The van der Waals surface area contributed by atoms with E-state index in [9.17, 15) is 18.4 Å². The number of amides is 2. The molecular weight excluding hydrogens is 458 g/mol. The normalized spacial score (nSPS) is 17.5. The molecule has 1 aliphatic rings. The highest BCUT2D eigenvalue weighted by atomic mass is 32.1. The Bertz CT molecular complexity index is 1350. The van der Waals surface area contributed by atoms with E-state index >= 15 is 0 Å². The molecule has 0 fully saturated rings. The lowest BCUT2D eigenvalue weighted by Crippen LogP contribution is -2.64. The molecule has 5 rings (SSSR count). The zero-order valence-electron chi connectivity index (χ0n) is 18.2. The van der Waals surface area contributed by atoms with Gasteiger partial charge in [-0.15, -0.1) is 11.3 Å². The van der Waals surface area contributed by atoms with Gasteiger partial charge in [0.1, 0.15) is 28.6 Å². The number of anilines is 1. The van der Waals surface area contributed by atoms with Crippen molar-refractivity contribution in [3.05, 3.63) is 95.0 Å². The molecule has 34 heavy (non-hydrogen) atoms. The van der Waals surface area contributed by atoms with Gasteiger partial charge in [-0.2, -0.15) is 5.10 Å². The van der Waals surface area contributed by atoms with Crippen molar-refractivity contribution in [1.82, 2.24) is 15.1 Å². The van der Waals surface area contributed by atoms with Crippen LogP contribution in [0.2, 0.25) is 0 Å². The predicted octanol–water partition coefficient (Wildman–Crippen LogP) is 4.63. The molecule has 0 aliphatic carbocycles. The van der Waals surface area contributed by atoms with E-state index in [1.807, 2.05) is 17.5 Å². The molecule has 6 nitrogen and oxygen atoms in total. The topological polar surface area (TPSA) is 67.2 Å². The largest absolute Gasteiger partial charge is 0.350 e. The van der Waals surface area contributed by atoms with Crippen LogP contribution in [0.3, 0.4) is 0 Å². The van der Waals surface area contributed by atoms with Crippen LogP contribution in [0.5, 0.6) is 0 Å². The molecule has 0 radical (unpaired) electrons. The van der Waals surface area contributed by atoms with Gasteiger partial charge in [-0.25, -0.2) is 8.78 Å². The summed E-state index contributed by atoms with van der Waals surface area (Å²) in [5.41, 5.74) is 0.759. The third-order valence-electron chi connectivity index (χ3n) is 5.87. The number of hydrogen-bond donors (Lipinski definition) is 1. The first-order chi connectivity index (χ1) is 16.3. The molecule has 1 aliphatic heterocycles. The maximum absolute atomic E-state index is 13.7. The van der Waals surface area contributed by atoms with Crippen LogP contribution in [0.4, 0.5) is 14.5 Å². The van der Waals surface area contributed by atoms with Crippen molar-refractivity contribution in [2.75, 3.05) is 4.90 Å². The van der Waals surface area contributed by atoms with Gasteiger partial charge in [0.15, 0.2) is 0 Å². The van der Waals surface area contributed by atoms with Crippen LogP contribution < -0.4 is 10.2 Å². The third-order valence-corrected chi connectivity index (χ3v) is 6.76. The highest BCUT2D eigenvalue weighted by Crippen LogP contribution is 2.35. The molecule has 9 heteroatoms. The molecule has 0 bridgehead atoms. The van der Waals surface area contributed by atoms with Gasteiger partial charge in [0, 0.05) is 12.2 Å². The van der Waals surface area contributed by atoms with Crippen molar-refractivity contribution in [3.8, 4) is 10.6 Å². The van der Waals surface area contributed by atoms with Crippen LogP contribution in [0.15, 0.2) is 72.1 Å². The fourth-order valence-corrected chi connectivity index (χ4v) is 4.78. The van der Waals surface area contributed by atoms with Crippen molar-refractivity contribution in [3.63, 3.8) is 0 Å². The quantitative estimate of drug-likeness (QED) is 0.455. The summed E-state index contributed by atoms with van der Waals surface area (Å²) in [6, 6.07) is 16.8. The van der Waals surface area contributed by atoms with E-state index in [0.29, 0.717) is 22.6 Å². The summed E-state index contributed by atoms with van der Waals surface area (Å²) < 4.78 is 28.4. The first-order valence-corrected chi connectivity index (χ1v) is 11.5. The van der Waals surface area contributed by atoms with Gasteiger partial charge in [-0.3, -0.25) is 19.2 Å². The Hall–Kier alpha value is -3.85. The molecule has 0 saturated carbocycles. The van der Waals surface area contributed by atoms with Crippen molar-refractivity contribution in [1.29, 1.82) is 0 Å². The Morgan fingerprint density at radius 1 is 1.09 bits per heavy atom. The Morgan fingerprint density at radius 3 is 2.41 bits per heavy atom. The summed E-state index contributed by atoms with van der Waals surface area (Å²) in [5.74, 6) is -1.63. The monoisotopic (exact) mass is 478 g/mol.